The topological polar surface area (TPSA) is 60.0 Å². The summed E-state index contributed by atoms with van der Waals surface area (Å²) in [6, 6.07) is 3.94. The molecule has 0 radical (unpaired) electrons. The minimum Gasteiger partial charge on any atom is -0.490 e. The summed E-state index contributed by atoms with van der Waals surface area (Å²) in [7, 11) is 0. The highest BCUT2D eigenvalue weighted by molar-refractivity contribution is 5.96. The third-order valence-electron chi connectivity index (χ3n) is 4.18. The summed E-state index contributed by atoms with van der Waals surface area (Å²) in [4.78, 5) is 15.0. The molecule has 1 aromatic carbocycles. The number of hydrogen-bond acceptors (Lipinski definition) is 5. The van der Waals surface area contributed by atoms with Gasteiger partial charge in [0, 0.05) is 30.7 Å². The van der Waals surface area contributed by atoms with E-state index in [1.54, 1.807) is 12.1 Å². The Kier molecular flexibility index (Phi) is 6.93. The number of amides is 1. The van der Waals surface area contributed by atoms with Crippen LogP contribution in [0.25, 0.3) is 0 Å². The maximum Gasteiger partial charge on any atom is 0.254 e. The Labute approximate surface area is 150 Å². The van der Waals surface area contributed by atoms with E-state index >= 15 is 0 Å². The number of ether oxygens (including phenoxy) is 3. The Balaban J connectivity index is 2.40. The van der Waals surface area contributed by atoms with Crippen LogP contribution in [0.1, 0.15) is 45.0 Å². The van der Waals surface area contributed by atoms with E-state index in [0.29, 0.717) is 49.2 Å². The van der Waals surface area contributed by atoms with Gasteiger partial charge in [0.25, 0.3) is 5.91 Å². The van der Waals surface area contributed by atoms with Crippen LogP contribution in [-0.4, -0.2) is 55.8 Å². The van der Waals surface area contributed by atoms with Crippen molar-refractivity contribution in [3.8, 4) is 17.2 Å². The highest BCUT2D eigenvalue weighted by atomic mass is 16.5. The van der Waals surface area contributed by atoms with Gasteiger partial charge in [-0.15, -0.1) is 0 Å². The first-order chi connectivity index (χ1) is 12.0. The van der Waals surface area contributed by atoms with Gasteiger partial charge in [0.2, 0.25) is 5.75 Å². The van der Waals surface area contributed by atoms with E-state index in [0.717, 1.165) is 6.54 Å². The Morgan fingerprint density at radius 3 is 2.16 bits per heavy atom. The Morgan fingerprint density at radius 1 is 1.08 bits per heavy atom. The molecule has 6 heteroatoms. The largest absolute Gasteiger partial charge is 0.490 e. The maximum atomic E-state index is 13.1. The van der Waals surface area contributed by atoms with Gasteiger partial charge in [0.15, 0.2) is 11.5 Å². The molecule has 0 saturated carbocycles. The molecule has 0 bridgehead atoms. The summed E-state index contributed by atoms with van der Waals surface area (Å²) in [5, 5.41) is 3.39. The van der Waals surface area contributed by atoms with E-state index in [2.05, 4.69) is 19.2 Å². The fraction of sp³-hybridized carbons (Fsp3) is 0.632. The quantitative estimate of drug-likeness (QED) is 0.819. The minimum absolute atomic E-state index is 0.00851. The average Bonchev–Trinajstić information content (AvgIpc) is 2.59. The average molecular weight is 350 g/mol. The molecule has 1 aliphatic heterocycles. The van der Waals surface area contributed by atoms with Crippen molar-refractivity contribution in [3.63, 3.8) is 0 Å². The van der Waals surface area contributed by atoms with E-state index in [1.807, 2.05) is 25.7 Å². The second kappa shape index (κ2) is 8.94. The zero-order valence-electron chi connectivity index (χ0n) is 15.9. The lowest BCUT2D eigenvalue weighted by Gasteiger charge is -2.37. The van der Waals surface area contributed by atoms with Crippen molar-refractivity contribution in [2.24, 2.45) is 0 Å². The number of benzene rings is 1. The number of carbonyl (C=O) groups is 1. The number of piperazine rings is 1. The van der Waals surface area contributed by atoms with Crippen molar-refractivity contribution < 1.29 is 19.0 Å². The van der Waals surface area contributed by atoms with Crippen LogP contribution in [0, 0.1) is 0 Å². The first kappa shape index (κ1) is 19.4. The minimum atomic E-state index is -0.00851. The van der Waals surface area contributed by atoms with E-state index < -0.39 is 0 Å². The molecular weight excluding hydrogens is 320 g/mol. The van der Waals surface area contributed by atoms with Gasteiger partial charge in [-0.05, 0) is 46.8 Å². The molecule has 25 heavy (non-hydrogen) atoms. The third-order valence-corrected chi connectivity index (χ3v) is 4.18. The van der Waals surface area contributed by atoms with E-state index in [1.165, 1.54) is 0 Å². The maximum absolute atomic E-state index is 13.1. The van der Waals surface area contributed by atoms with Gasteiger partial charge >= 0.3 is 0 Å². The standard InChI is InChI=1S/C19H30N2O4/c1-6-23-16-9-15(10-17(24-7-2)18(16)25-8-3)19(22)21-12-13(4)20-11-14(21)5/h9-10,13-14,20H,6-8,11-12H2,1-5H3. The summed E-state index contributed by atoms with van der Waals surface area (Å²) in [6.07, 6.45) is 0. The molecule has 1 saturated heterocycles. The van der Waals surface area contributed by atoms with Crippen LogP contribution in [0.4, 0.5) is 0 Å². The smallest absolute Gasteiger partial charge is 0.254 e. The van der Waals surface area contributed by atoms with Crippen molar-refractivity contribution in [1.29, 1.82) is 0 Å². The van der Waals surface area contributed by atoms with Gasteiger partial charge in [-0.1, -0.05) is 0 Å². The molecule has 140 valence electrons. The van der Waals surface area contributed by atoms with E-state index in [9.17, 15) is 4.79 Å². The molecule has 0 aliphatic carbocycles. The predicted molar refractivity (Wildman–Crippen MR) is 97.9 cm³/mol. The van der Waals surface area contributed by atoms with Crippen LogP contribution in [0.3, 0.4) is 0 Å². The van der Waals surface area contributed by atoms with Gasteiger partial charge in [0.1, 0.15) is 0 Å². The Morgan fingerprint density at radius 2 is 1.64 bits per heavy atom. The summed E-state index contributed by atoms with van der Waals surface area (Å²) in [5.74, 6) is 1.65. The third kappa shape index (κ3) is 4.57. The van der Waals surface area contributed by atoms with Crippen LogP contribution >= 0.6 is 0 Å². The van der Waals surface area contributed by atoms with Crippen molar-refractivity contribution >= 4 is 5.91 Å². The fourth-order valence-electron chi connectivity index (χ4n) is 2.98. The van der Waals surface area contributed by atoms with Crippen molar-refractivity contribution in [1.82, 2.24) is 10.2 Å². The normalized spacial score (nSPS) is 20.3. The predicted octanol–water partition coefficient (Wildman–Crippen LogP) is 2.71. The van der Waals surface area contributed by atoms with Gasteiger partial charge in [-0.2, -0.15) is 0 Å². The number of hydrogen-bond donors (Lipinski definition) is 1. The molecule has 2 atom stereocenters. The molecule has 2 unspecified atom stereocenters. The number of carbonyl (C=O) groups excluding carboxylic acids is 1. The lowest BCUT2D eigenvalue weighted by Crippen LogP contribution is -2.56. The molecular formula is C19H30N2O4. The number of nitrogens with zero attached hydrogens (tertiary/aromatic N) is 1. The van der Waals surface area contributed by atoms with Gasteiger partial charge in [-0.3, -0.25) is 4.79 Å². The van der Waals surface area contributed by atoms with Crippen LogP contribution in [-0.2, 0) is 0 Å². The first-order valence-electron chi connectivity index (χ1n) is 9.12. The van der Waals surface area contributed by atoms with Crippen LogP contribution in [0.2, 0.25) is 0 Å². The lowest BCUT2D eigenvalue weighted by atomic mass is 10.1. The summed E-state index contributed by atoms with van der Waals surface area (Å²) < 4.78 is 17.1. The molecule has 1 aromatic rings. The Bertz CT molecular complexity index is 564. The van der Waals surface area contributed by atoms with Crippen molar-refractivity contribution in [2.45, 2.75) is 46.7 Å². The van der Waals surface area contributed by atoms with Crippen LogP contribution in [0.5, 0.6) is 17.2 Å². The molecule has 0 spiro atoms. The lowest BCUT2D eigenvalue weighted by molar-refractivity contribution is 0.0615. The van der Waals surface area contributed by atoms with Crippen LogP contribution in [0.15, 0.2) is 12.1 Å². The molecule has 1 aliphatic rings. The first-order valence-corrected chi connectivity index (χ1v) is 9.12. The molecule has 0 aromatic heterocycles. The van der Waals surface area contributed by atoms with Crippen molar-refractivity contribution in [3.05, 3.63) is 17.7 Å². The number of rotatable bonds is 7. The second-order valence-corrected chi connectivity index (χ2v) is 6.22. The zero-order chi connectivity index (χ0) is 18.4. The van der Waals surface area contributed by atoms with Gasteiger partial charge in [0.05, 0.1) is 19.8 Å². The highest BCUT2D eigenvalue weighted by Gasteiger charge is 2.29. The summed E-state index contributed by atoms with van der Waals surface area (Å²) in [5.41, 5.74) is 0.566. The monoisotopic (exact) mass is 350 g/mol. The van der Waals surface area contributed by atoms with Gasteiger partial charge in [-0.25, -0.2) is 0 Å². The highest BCUT2D eigenvalue weighted by Crippen LogP contribution is 2.39. The van der Waals surface area contributed by atoms with Crippen molar-refractivity contribution in [2.75, 3.05) is 32.9 Å². The van der Waals surface area contributed by atoms with E-state index in [4.69, 9.17) is 14.2 Å². The molecule has 2 rings (SSSR count). The number of nitrogens with one attached hydrogen (secondary N) is 1. The second-order valence-electron chi connectivity index (χ2n) is 6.22. The molecule has 1 fully saturated rings. The molecule has 6 nitrogen and oxygen atoms in total. The zero-order valence-corrected chi connectivity index (χ0v) is 15.9. The molecule has 1 N–H and O–H groups in total. The van der Waals surface area contributed by atoms with Gasteiger partial charge < -0.3 is 24.4 Å². The molecule has 1 amide bonds. The SMILES string of the molecule is CCOc1cc(C(=O)N2CC(C)NCC2C)cc(OCC)c1OCC. The van der Waals surface area contributed by atoms with E-state index in [-0.39, 0.29) is 18.0 Å². The van der Waals surface area contributed by atoms with Crippen LogP contribution < -0.4 is 19.5 Å². The fourth-order valence-corrected chi connectivity index (χ4v) is 2.98. The Hall–Kier alpha value is -1.95. The summed E-state index contributed by atoms with van der Waals surface area (Å²) in [6.45, 7) is 12.8. The molecule has 1 heterocycles. The summed E-state index contributed by atoms with van der Waals surface area (Å²) >= 11 is 0.